The van der Waals surface area contributed by atoms with Crippen molar-refractivity contribution in [1.29, 1.82) is 0 Å². The van der Waals surface area contributed by atoms with Gasteiger partial charge in [0.15, 0.2) is 0 Å². The van der Waals surface area contributed by atoms with Gasteiger partial charge in [-0.15, -0.1) is 0 Å². The van der Waals surface area contributed by atoms with Gasteiger partial charge in [0.1, 0.15) is 16.4 Å². The molecular formula is C13H22N2O4S2. The minimum Gasteiger partial charge on any atom is -0.495 e. The summed E-state index contributed by atoms with van der Waals surface area (Å²) in [5.74, 6) is 2.21. The number of nitrogens with one attached hydrogen (secondary N) is 1. The molecule has 0 amide bonds. The number of anilines is 1. The van der Waals surface area contributed by atoms with Crippen molar-refractivity contribution in [2.45, 2.75) is 24.8 Å². The van der Waals surface area contributed by atoms with Crippen molar-refractivity contribution in [2.75, 3.05) is 31.5 Å². The SMILES string of the molecule is CCSCC(C)NS(=O)(=O)c1cc(N)c(OC)cc1OC. The lowest BCUT2D eigenvalue weighted by Gasteiger charge is -2.17. The van der Waals surface area contributed by atoms with Crippen LogP contribution in [0.5, 0.6) is 11.5 Å². The summed E-state index contributed by atoms with van der Waals surface area (Å²) in [7, 11) is -0.841. The highest BCUT2D eigenvalue weighted by atomic mass is 32.2. The van der Waals surface area contributed by atoms with Crippen molar-refractivity contribution < 1.29 is 17.9 Å². The molecule has 0 bridgehead atoms. The normalized spacial score (nSPS) is 13.0. The Labute approximate surface area is 130 Å². The predicted molar refractivity (Wildman–Crippen MR) is 86.7 cm³/mol. The Morgan fingerprint density at radius 1 is 1.29 bits per heavy atom. The molecule has 0 spiro atoms. The van der Waals surface area contributed by atoms with Crippen LogP contribution in [0.25, 0.3) is 0 Å². The van der Waals surface area contributed by atoms with Crippen molar-refractivity contribution >= 4 is 27.5 Å². The van der Waals surface area contributed by atoms with Gasteiger partial charge in [-0.2, -0.15) is 11.8 Å². The zero-order valence-electron chi connectivity index (χ0n) is 12.7. The second-order valence-corrected chi connectivity index (χ2v) is 7.43. The maximum Gasteiger partial charge on any atom is 0.244 e. The van der Waals surface area contributed by atoms with E-state index in [4.69, 9.17) is 15.2 Å². The Balaban J connectivity index is 3.10. The average molecular weight is 334 g/mol. The molecule has 1 atom stereocenters. The molecule has 0 aliphatic heterocycles. The Morgan fingerprint density at radius 3 is 2.43 bits per heavy atom. The van der Waals surface area contributed by atoms with Crippen LogP contribution in [0.3, 0.4) is 0 Å². The lowest BCUT2D eigenvalue weighted by molar-refractivity contribution is 0.387. The number of hydrogen-bond donors (Lipinski definition) is 2. The number of rotatable bonds is 8. The molecule has 1 unspecified atom stereocenters. The van der Waals surface area contributed by atoms with Crippen LogP contribution >= 0.6 is 11.8 Å². The van der Waals surface area contributed by atoms with E-state index in [2.05, 4.69) is 4.72 Å². The van der Waals surface area contributed by atoms with Gasteiger partial charge in [-0.3, -0.25) is 0 Å². The summed E-state index contributed by atoms with van der Waals surface area (Å²) in [4.78, 5) is 0.0108. The number of ether oxygens (including phenoxy) is 2. The standard InChI is InChI=1S/C13H22N2O4S2/c1-5-20-8-9(2)15-21(16,17)13-6-10(14)11(18-3)7-12(13)19-4/h6-7,9,15H,5,8,14H2,1-4H3. The molecule has 0 radical (unpaired) electrons. The minimum absolute atomic E-state index is 0.0108. The fourth-order valence-corrected chi connectivity index (χ4v) is 3.97. The van der Waals surface area contributed by atoms with Gasteiger partial charge in [0, 0.05) is 17.9 Å². The fraction of sp³-hybridized carbons (Fsp3) is 0.538. The Hall–Kier alpha value is -1.12. The first-order valence-electron chi connectivity index (χ1n) is 6.47. The number of sulfonamides is 1. The first kappa shape index (κ1) is 17.9. The van der Waals surface area contributed by atoms with Gasteiger partial charge in [0.2, 0.25) is 10.0 Å². The van der Waals surface area contributed by atoms with Crippen LogP contribution < -0.4 is 19.9 Å². The summed E-state index contributed by atoms with van der Waals surface area (Å²) < 4.78 is 37.7. The maximum atomic E-state index is 12.4. The van der Waals surface area contributed by atoms with Crippen LogP contribution in [0.2, 0.25) is 0 Å². The number of hydrogen-bond acceptors (Lipinski definition) is 6. The highest BCUT2D eigenvalue weighted by Crippen LogP contribution is 2.33. The molecule has 6 nitrogen and oxygen atoms in total. The van der Waals surface area contributed by atoms with Crippen molar-refractivity contribution in [3.63, 3.8) is 0 Å². The van der Waals surface area contributed by atoms with E-state index in [9.17, 15) is 8.42 Å². The molecule has 3 N–H and O–H groups in total. The molecule has 1 aromatic rings. The van der Waals surface area contributed by atoms with Gasteiger partial charge in [-0.1, -0.05) is 6.92 Å². The van der Waals surface area contributed by atoms with Crippen LogP contribution in [-0.4, -0.2) is 40.2 Å². The topological polar surface area (TPSA) is 90.7 Å². The van der Waals surface area contributed by atoms with E-state index in [-0.39, 0.29) is 22.4 Å². The maximum absolute atomic E-state index is 12.4. The average Bonchev–Trinajstić information content (AvgIpc) is 2.44. The summed E-state index contributed by atoms with van der Waals surface area (Å²) in [6, 6.07) is 2.63. The number of thioether (sulfide) groups is 1. The van der Waals surface area contributed by atoms with E-state index < -0.39 is 10.0 Å². The van der Waals surface area contributed by atoms with Gasteiger partial charge in [0.25, 0.3) is 0 Å². The summed E-state index contributed by atoms with van der Waals surface area (Å²) >= 11 is 1.67. The minimum atomic E-state index is -3.70. The number of nitrogens with two attached hydrogens (primary N) is 1. The second kappa shape index (κ2) is 7.77. The molecule has 1 aromatic carbocycles. The lowest BCUT2D eigenvalue weighted by Crippen LogP contribution is -2.34. The molecule has 120 valence electrons. The van der Waals surface area contributed by atoms with Gasteiger partial charge in [0.05, 0.1) is 19.9 Å². The third kappa shape index (κ3) is 4.69. The molecule has 8 heteroatoms. The summed E-state index contributed by atoms with van der Waals surface area (Å²) in [6.07, 6.45) is 0. The molecule has 0 heterocycles. The monoisotopic (exact) mass is 334 g/mol. The van der Waals surface area contributed by atoms with Gasteiger partial charge < -0.3 is 15.2 Å². The van der Waals surface area contributed by atoms with Gasteiger partial charge in [-0.05, 0) is 18.7 Å². The van der Waals surface area contributed by atoms with Crippen LogP contribution in [-0.2, 0) is 10.0 Å². The van der Waals surface area contributed by atoms with Gasteiger partial charge >= 0.3 is 0 Å². The van der Waals surface area contributed by atoms with Crippen LogP contribution in [0, 0.1) is 0 Å². The van der Waals surface area contributed by atoms with E-state index in [1.165, 1.54) is 26.4 Å². The van der Waals surface area contributed by atoms with Crippen LogP contribution in [0.15, 0.2) is 17.0 Å². The molecule has 1 rings (SSSR count). The summed E-state index contributed by atoms with van der Waals surface area (Å²) in [5.41, 5.74) is 6.03. The summed E-state index contributed by atoms with van der Waals surface area (Å²) in [5, 5.41) is 0. The smallest absolute Gasteiger partial charge is 0.244 e. The number of nitrogen functional groups attached to an aromatic ring is 1. The van der Waals surface area contributed by atoms with Crippen molar-refractivity contribution in [3.05, 3.63) is 12.1 Å². The van der Waals surface area contributed by atoms with Crippen molar-refractivity contribution in [1.82, 2.24) is 4.72 Å². The number of methoxy groups -OCH3 is 2. The Kier molecular flexibility index (Phi) is 6.63. The van der Waals surface area contributed by atoms with Gasteiger partial charge in [-0.25, -0.2) is 13.1 Å². The molecular weight excluding hydrogens is 312 g/mol. The van der Waals surface area contributed by atoms with E-state index in [0.29, 0.717) is 11.5 Å². The molecule has 0 aliphatic rings. The fourth-order valence-electron chi connectivity index (χ4n) is 1.76. The molecule has 0 aliphatic carbocycles. The largest absolute Gasteiger partial charge is 0.495 e. The highest BCUT2D eigenvalue weighted by molar-refractivity contribution is 7.99. The third-order valence-electron chi connectivity index (χ3n) is 2.73. The zero-order chi connectivity index (χ0) is 16.0. The summed E-state index contributed by atoms with van der Waals surface area (Å²) in [6.45, 7) is 3.85. The Bertz CT molecular complexity index is 576. The molecule has 0 saturated carbocycles. The zero-order valence-corrected chi connectivity index (χ0v) is 14.3. The van der Waals surface area contributed by atoms with E-state index in [1.54, 1.807) is 11.8 Å². The first-order valence-corrected chi connectivity index (χ1v) is 9.11. The molecule has 21 heavy (non-hydrogen) atoms. The molecule has 0 fully saturated rings. The van der Waals surface area contributed by atoms with Crippen molar-refractivity contribution in [2.24, 2.45) is 0 Å². The quantitative estimate of drug-likeness (QED) is 0.703. The Morgan fingerprint density at radius 2 is 1.90 bits per heavy atom. The predicted octanol–water partition coefficient (Wildman–Crippen LogP) is 1.71. The third-order valence-corrected chi connectivity index (χ3v) is 5.49. The first-order chi connectivity index (χ1) is 9.85. The number of benzene rings is 1. The lowest BCUT2D eigenvalue weighted by atomic mass is 10.3. The van der Waals surface area contributed by atoms with E-state index in [0.717, 1.165) is 5.75 Å². The van der Waals surface area contributed by atoms with Crippen LogP contribution in [0.4, 0.5) is 5.69 Å². The van der Waals surface area contributed by atoms with Crippen LogP contribution in [0.1, 0.15) is 13.8 Å². The molecule has 0 aromatic heterocycles. The second-order valence-electron chi connectivity index (χ2n) is 4.43. The highest BCUT2D eigenvalue weighted by Gasteiger charge is 2.23. The molecule has 0 saturated heterocycles. The van der Waals surface area contributed by atoms with E-state index >= 15 is 0 Å². The van der Waals surface area contributed by atoms with E-state index in [1.807, 2.05) is 13.8 Å². The van der Waals surface area contributed by atoms with Crippen molar-refractivity contribution in [3.8, 4) is 11.5 Å².